The van der Waals surface area contributed by atoms with Gasteiger partial charge in [0, 0.05) is 19.3 Å². The molecule has 0 aromatic heterocycles. The molecule has 0 spiro atoms. The van der Waals surface area contributed by atoms with Gasteiger partial charge < -0.3 is 4.74 Å². The highest BCUT2D eigenvalue weighted by atomic mass is 16.5. The minimum Gasteiger partial charge on any atom is -0.381 e. The van der Waals surface area contributed by atoms with Gasteiger partial charge in [0.05, 0.1) is 0 Å². The molecule has 0 aliphatic carbocycles. The van der Waals surface area contributed by atoms with E-state index < -0.39 is 0 Å². The molecule has 0 fully saturated rings. The fraction of sp³-hybridized carbons (Fsp3) is 1.00. The lowest BCUT2D eigenvalue weighted by atomic mass is 9.97. The van der Waals surface area contributed by atoms with Crippen molar-refractivity contribution in [3.05, 3.63) is 0 Å². The zero-order chi connectivity index (χ0) is 10.1. The number of nitrogens with one attached hydrogen (secondary N) is 1. The largest absolute Gasteiger partial charge is 0.381 e. The number of rotatable bonds is 8. The quantitative estimate of drug-likeness (QED) is 0.346. The van der Waals surface area contributed by atoms with Crippen LogP contribution in [0.1, 0.15) is 40.0 Å². The van der Waals surface area contributed by atoms with Gasteiger partial charge in [0.2, 0.25) is 0 Å². The first kappa shape index (κ1) is 12.9. The van der Waals surface area contributed by atoms with E-state index >= 15 is 0 Å². The summed E-state index contributed by atoms with van der Waals surface area (Å²) in [7, 11) is 0. The van der Waals surface area contributed by atoms with Crippen molar-refractivity contribution in [3.63, 3.8) is 0 Å². The van der Waals surface area contributed by atoms with Crippen LogP contribution in [-0.4, -0.2) is 19.3 Å². The predicted octanol–water partition coefficient (Wildman–Crippen LogP) is 1.68. The van der Waals surface area contributed by atoms with Crippen molar-refractivity contribution in [2.45, 2.75) is 46.1 Å². The van der Waals surface area contributed by atoms with E-state index in [-0.39, 0.29) is 0 Å². The zero-order valence-corrected chi connectivity index (χ0v) is 9.18. The Labute approximate surface area is 82.0 Å². The third-order valence-corrected chi connectivity index (χ3v) is 2.47. The van der Waals surface area contributed by atoms with E-state index in [4.69, 9.17) is 10.6 Å². The molecule has 0 aromatic carbocycles. The van der Waals surface area contributed by atoms with Gasteiger partial charge in [0.15, 0.2) is 0 Å². The van der Waals surface area contributed by atoms with Gasteiger partial charge in [0.1, 0.15) is 0 Å². The molecule has 13 heavy (non-hydrogen) atoms. The van der Waals surface area contributed by atoms with Crippen molar-refractivity contribution in [2.75, 3.05) is 13.2 Å². The molecule has 0 aliphatic heterocycles. The van der Waals surface area contributed by atoms with Crippen LogP contribution in [0.4, 0.5) is 0 Å². The van der Waals surface area contributed by atoms with Crippen molar-refractivity contribution in [1.29, 1.82) is 0 Å². The zero-order valence-electron chi connectivity index (χ0n) is 9.18. The predicted molar refractivity (Wildman–Crippen MR) is 56.3 cm³/mol. The molecular weight excluding hydrogens is 164 g/mol. The number of hydrazine groups is 1. The third-order valence-electron chi connectivity index (χ3n) is 2.47. The highest BCUT2D eigenvalue weighted by Crippen LogP contribution is 2.09. The molecule has 2 atom stereocenters. The fourth-order valence-electron chi connectivity index (χ4n) is 1.27. The lowest BCUT2D eigenvalue weighted by molar-refractivity contribution is 0.118. The van der Waals surface area contributed by atoms with Crippen LogP contribution in [0.5, 0.6) is 0 Å². The normalized spacial score (nSPS) is 15.7. The molecule has 0 aliphatic rings. The summed E-state index contributed by atoms with van der Waals surface area (Å²) >= 11 is 0. The minimum atomic E-state index is 0.391. The topological polar surface area (TPSA) is 47.3 Å². The second-order valence-electron chi connectivity index (χ2n) is 3.56. The van der Waals surface area contributed by atoms with Gasteiger partial charge in [-0.3, -0.25) is 11.3 Å². The smallest absolute Gasteiger partial charge is 0.0481 e. The molecule has 0 radical (unpaired) electrons. The third kappa shape index (κ3) is 6.02. The van der Waals surface area contributed by atoms with Crippen LogP contribution in [0.15, 0.2) is 0 Å². The number of ether oxygens (including phenoxy) is 1. The molecular formula is C10H24N2O. The maximum atomic E-state index is 5.46. The van der Waals surface area contributed by atoms with E-state index in [2.05, 4.69) is 26.2 Å². The number of hydrogen-bond donors (Lipinski definition) is 2. The Bertz CT molecular complexity index is 109. The minimum absolute atomic E-state index is 0.391. The Balaban J connectivity index is 3.47. The van der Waals surface area contributed by atoms with E-state index in [1.807, 2.05) is 0 Å². The van der Waals surface area contributed by atoms with E-state index in [0.717, 1.165) is 32.5 Å². The summed E-state index contributed by atoms with van der Waals surface area (Å²) in [4.78, 5) is 0. The number of hydrogen-bond acceptors (Lipinski definition) is 3. The maximum absolute atomic E-state index is 5.46. The fourth-order valence-corrected chi connectivity index (χ4v) is 1.27. The molecule has 0 heterocycles. The Morgan fingerprint density at radius 3 is 2.46 bits per heavy atom. The summed E-state index contributed by atoms with van der Waals surface area (Å²) in [5.41, 5.74) is 2.85. The Morgan fingerprint density at radius 2 is 2.00 bits per heavy atom. The Kier molecular flexibility index (Phi) is 8.40. The Hall–Kier alpha value is -0.120. The van der Waals surface area contributed by atoms with Crippen LogP contribution in [0.2, 0.25) is 0 Å². The highest BCUT2D eigenvalue weighted by Gasteiger charge is 2.13. The van der Waals surface area contributed by atoms with E-state index in [0.29, 0.717) is 12.0 Å². The summed E-state index contributed by atoms with van der Waals surface area (Å²) < 4.78 is 5.41. The molecule has 80 valence electrons. The summed E-state index contributed by atoms with van der Waals surface area (Å²) in [6.45, 7) is 8.18. The van der Waals surface area contributed by atoms with Gasteiger partial charge in [-0.1, -0.05) is 27.2 Å². The van der Waals surface area contributed by atoms with Gasteiger partial charge in [-0.2, -0.15) is 0 Å². The van der Waals surface area contributed by atoms with E-state index in [1.165, 1.54) is 0 Å². The molecule has 0 aromatic rings. The van der Waals surface area contributed by atoms with Crippen molar-refractivity contribution in [1.82, 2.24) is 5.43 Å². The first-order valence-electron chi connectivity index (χ1n) is 5.30. The van der Waals surface area contributed by atoms with Crippen LogP contribution < -0.4 is 11.3 Å². The van der Waals surface area contributed by atoms with Crippen molar-refractivity contribution >= 4 is 0 Å². The second kappa shape index (κ2) is 8.48. The lowest BCUT2D eigenvalue weighted by Crippen LogP contribution is -2.40. The first-order valence-corrected chi connectivity index (χ1v) is 5.30. The summed E-state index contributed by atoms with van der Waals surface area (Å²) in [5, 5.41) is 0. The maximum Gasteiger partial charge on any atom is 0.0481 e. The molecule has 0 bridgehead atoms. The molecule has 0 saturated heterocycles. The van der Waals surface area contributed by atoms with E-state index in [1.54, 1.807) is 0 Å². The van der Waals surface area contributed by atoms with Crippen LogP contribution in [0.3, 0.4) is 0 Å². The lowest BCUT2D eigenvalue weighted by Gasteiger charge is -2.21. The summed E-state index contributed by atoms with van der Waals surface area (Å²) in [6.07, 6.45) is 3.25. The summed E-state index contributed by atoms with van der Waals surface area (Å²) in [5.74, 6) is 6.08. The molecule has 0 amide bonds. The van der Waals surface area contributed by atoms with Gasteiger partial charge in [-0.15, -0.1) is 0 Å². The van der Waals surface area contributed by atoms with Crippen LogP contribution >= 0.6 is 0 Å². The molecule has 0 rings (SSSR count). The van der Waals surface area contributed by atoms with Gasteiger partial charge in [0.25, 0.3) is 0 Å². The van der Waals surface area contributed by atoms with Gasteiger partial charge in [-0.05, 0) is 18.8 Å². The van der Waals surface area contributed by atoms with Crippen molar-refractivity contribution in [3.8, 4) is 0 Å². The van der Waals surface area contributed by atoms with Gasteiger partial charge in [-0.25, -0.2) is 0 Å². The average molecular weight is 188 g/mol. The van der Waals surface area contributed by atoms with Crippen molar-refractivity contribution in [2.24, 2.45) is 11.8 Å². The average Bonchev–Trinajstić information content (AvgIpc) is 2.17. The van der Waals surface area contributed by atoms with Crippen LogP contribution in [0.25, 0.3) is 0 Å². The standard InChI is InChI=1S/C10H24N2O/c1-4-7-13-8-6-10(12-11)9(3)5-2/h9-10,12H,4-8,11H2,1-3H3. The van der Waals surface area contributed by atoms with E-state index in [9.17, 15) is 0 Å². The highest BCUT2D eigenvalue weighted by molar-refractivity contribution is 4.69. The second-order valence-corrected chi connectivity index (χ2v) is 3.56. The van der Waals surface area contributed by atoms with Gasteiger partial charge >= 0.3 is 0 Å². The SMILES string of the molecule is CCCOCCC(NN)C(C)CC. The molecule has 3 N–H and O–H groups in total. The monoisotopic (exact) mass is 188 g/mol. The molecule has 0 saturated carbocycles. The molecule has 3 nitrogen and oxygen atoms in total. The number of nitrogens with two attached hydrogens (primary N) is 1. The van der Waals surface area contributed by atoms with Crippen LogP contribution in [-0.2, 0) is 4.74 Å². The van der Waals surface area contributed by atoms with Crippen LogP contribution in [0, 0.1) is 5.92 Å². The molecule has 2 unspecified atom stereocenters. The molecule has 3 heteroatoms. The van der Waals surface area contributed by atoms with Crippen molar-refractivity contribution < 1.29 is 4.74 Å². The Morgan fingerprint density at radius 1 is 1.31 bits per heavy atom. The summed E-state index contributed by atoms with van der Waals surface area (Å²) in [6, 6.07) is 0.391. The first-order chi connectivity index (χ1) is 6.26.